The number of carbonyl (C=O) groups excluding carboxylic acids is 1. The van der Waals surface area contributed by atoms with E-state index in [2.05, 4.69) is 43.2 Å². The molecule has 6 rings (SSSR count). The summed E-state index contributed by atoms with van der Waals surface area (Å²) < 4.78 is 23.7. The van der Waals surface area contributed by atoms with Gasteiger partial charge in [-0.25, -0.2) is 4.39 Å². The number of hydrogen-bond donors (Lipinski definition) is 2. The minimum atomic E-state index is -0.569. The number of anilines is 1. The van der Waals surface area contributed by atoms with Gasteiger partial charge in [0.1, 0.15) is 16.8 Å². The number of carbonyl (C=O) groups is 1. The molecule has 1 saturated carbocycles. The number of pyridine rings is 1. The van der Waals surface area contributed by atoms with Crippen LogP contribution in [0.2, 0.25) is 0 Å². The molecule has 1 saturated heterocycles. The number of amides is 1. The quantitative estimate of drug-likeness (QED) is 0.307. The van der Waals surface area contributed by atoms with Crippen LogP contribution in [0.1, 0.15) is 70.2 Å². The lowest BCUT2D eigenvalue weighted by atomic mass is 9.63. The van der Waals surface area contributed by atoms with Crippen molar-refractivity contribution in [3.05, 3.63) is 58.1 Å². The summed E-state index contributed by atoms with van der Waals surface area (Å²) in [5.74, 6) is -0.182. The highest BCUT2D eigenvalue weighted by Gasteiger charge is 2.39. The summed E-state index contributed by atoms with van der Waals surface area (Å²) in [6, 6.07) is 8.61. The maximum absolute atomic E-state index is 15.7. The number of para-hydroxylation sites is 2. The standard InChI is InChI=1S/C32H39FN4O3/c1-31(2)16-20(17-32(3,4)19-31)35-30(39)22-18-37-24-9-5-6-10-25(24)40-29-26(34-11-14-36-12-7-8-13-36)23(33)15-21(27(29)37)28(22)38/h5-6,9-10,15,18,20,34H,7-8,11-14,16-17,19H2,1-4H3,(H,35,39). The van der Waals surface area contributed by atoms with E-state index in [1.807, 2.05) is 24.3 Å². The molecule has 1 amide bonds. The molecule has 0 bridgehead atoms. The minimum absolute atomic E-state index is 0.00508. The van der Waals surface area contributed by atoms with Gasteiger partial charge in [0.2, 0.25) is 5.43 Å². The predicted molar refractivity (Wildman–Crippen MR) is 156 cm³/mol. The highest BCUT2D eigenvalue weighted by molar-refractivity contribution is 6.01. The molecular weight excluding hydrogens is 507 g/mol. The van der Waals surface area contributed by atoms with Crippen LogP contribution in [0.4, 0.5) is 10.1 Å². The number of halogens is 1. The van der Waals surface area contributed by atoms with Crippen LogP contribution < -0.4 is 20.8 Å². The maximum Gasteiger partial charge on any atom is 0.257 e. The van der Waals surface area contributed by atoms with Gasteiger partial charge in [0, 0.05) is 25.3 Å². The number of nitrogens with one attached hydrogen (secondary N) is 2. The number of benzene rings is 2. The Bertz CT molecular complexity index is 1520. The Hall–Kier alpha value is -3.39. The number of ether oxygens (including phenoxy) is 1. The number of rotatable bonds is 6. The number of likely N-dealkylation sites (tertiary alicyclic amines) is 1. The van der Waals surface area contributed by atoms with E-state index in [1.54, 1.807) is 10.8 Å². The van der Waals surface area contributed by atoms with Crippen molar-refractivity contribution in [2.75, 3.05) is 31.5 Å². The molecule has 1 aliphatic carbocycles. The zero-order valence-corrected chi connectivity index (χ0v) is 23.9. The SMILES string of the molecule is CC1(C)CC(NC(=O)c2cn3c4c(c(NCCN5CCCC5)c(F)cc4c2=O)Oc2ccccc2-3)CC(C)(C)C1. The maximum atomic E-state index is 15.7. The van der Waals surface area contributed by atoms with Crippen LogP contribution >= 0.6 is 0 Å². The Morgan fingerprint density at radius 1 is 1.10 bits per heavy atom. The molecule has 3 aromatic rings. The smallest absolute Gasteiger partial charge is 0.257 e. The fourth-order valence-corrected chi connectivity index (χ4v) is 7.45. The molecule has 3 heterocycles. The Morgan fingerprint density at radius 3 is 2.52 bits per heavy atom. The van der Waals surface area contributed by atoms with Crippen LogP contribution in [-0.2, 0) is 0 Å². The molecule has 2 aliphatic heterocycles. The molecule has 2 aromatic carbocycles. The molecular formula is C32H39FN4O3. The second kappa shape index (κ2) is 9.91. The van der Waals surface area contributed by atoms with Gasteiger partial charge in [-0.15, -0.1) is 0 Å². The Kier molecular flexibility index (Phi) is 6.64. The van der Waals surface area contributed by atoms with Crippen LogP contribution in [-0.4, -0.2) is 47.6 Å². The average molecular weight is 547 g/mol. The van der Waals surface area contributed by atoms with Crippen LogP contribution in [0, 0.1) is 16.6 Å². The third-order valence-corrected chi connectivity index (χ3v) is 8.60. The van der Waals surface area contributed by atoms with Gasteiger partial charge in [-0.2, -0.15) is 0 Å². The van der Waals surface area contributed by atoms with Crippen molar-refractivity contribution in [1.82, 2.24) is 14.8 Å². The molecule has 0 atom stereocenters. The molecule has 1 aromatic heterocycles. The van der Waals surface area contributed by atoms with Crippen LogP contribution in [0.3, 0.4) is 0 Å². The van der Waals surface area contributed by atoms with Gasteiger partial charge in [0.15, 0.2) is 17.3 Å². The lowest BCUT2D eigenvalue weighted by Crippen LogP contribution is -2.46. The first-order chi connectivity index (χ1) is 19.0. The predicted octanol–water partition coefficient (Wildman–Crippen LogP) is 6.08. The van der Waals surface area contributed by atoms with E-state index in [1.165, 1.54) is 18.9 Å². The summed E-state index contributed by atoms with van der Waals surface area (Å²) in [5.41, 5.74) is 1.06. The van der Waals surface area contributed by atoms with Crippen LogP contribution in [0.15, 0.2) is 41.3 Å². The van der Waals surface area contributed by atoms with E-state index in [-0.39, 0.29) is 39.3 Å². The summed E-state index contributed by atoms with van der Waals surface area (Å²) in [4.78, 5) is 29.7. The van der Waals surface area contributed by atoms with Gasteiger partial charge >= 0.3 is 0 Å². The van der Waals surface area contributed by atoms with Crippen LogP contribution in [0.25, 0.3) is 16.6 Å². The Labute approximate surface area is 234 Å². The molecule has 2 fully saturated rings. The van der Waals surface area contributed by atoms with E-state index in [9.17, 15) is 9.59 Å². The summed E-state index contributed by atoms with van der Waals surface area (Å²) in [5, 5.41) is 6.51. The van der Waals surface area contributed by atoms with Crippen molar-refractivity contribution in [3.63, 3.8) is 0 Å². The second-order valence-corrected chi connectivity index (χ2v) is 13.3. The molecule has 0 spiro atoms. The lowest BCUT2D eigenvalue weighted by molar-refractivity contribution is 0.0712. The van der Waals surface area contributed by atoms with Gasteiger partial charge < -0.3 is 24.8 Å². The lowest BCUT2D eigenvalue weighted by Gasteiger charge is -2.45. The van der Waals surface area contributed by atoms with Gasteiger partial charge in [-0.3, -0.25) is 9.59 Å². The van der Waals surface area contributed by atoms with E-state index < -0.39 is 17.2 Å². The highest BCUT2D eigenvalue weighted by Crippen LogP contribution is 2.46. The van der Waals surface area contributed by atoms with Crippen LogP contribution in [0.5, 0.6) is 11.5 Å². The number of hydrogen-bond acceptors (Lipinski definition) is 5. The molecule has 0 unspecified atom stereocenters. The number of fused-ring (bicyclic) bond motifs is 2. The highest BCUT2D eigenvalue weighted by atomic mass is 19.1. The van der Waals surface area contributed by atoms with Crippen molar-refractivity contribution in [2.24, 2.45) is 10.8 Å². The zero-order valence-electron chi connectivity index (χ0n) is 23.9. The number of aromatic nitrogens is 1. The molecule has 0 radical (unpaired) electrons. The topological polar surface area (TPSA) is 75.6 Å². The van der Waals surface area contributed by atoms with E-state index in [0.29, 0.717) is 23.5 Å². The first-order valence-electron chi connectivity index (χ1n) is 14.5. The zero-order chi connectivity index (χ0) is 28.2. The second-order valence-electron chi connectivity index (χ2n) is 13.3. The molecule has 2 N–H and O–H groups in total. The molecule has 40 heavy (non-hydrogen) atoms. The number of nitrogens with zero attached hydrogens (tertiary/aromatic N) is 2. The third-order valence-electron chi connectivity index (χ3n) is 8.60. The minimum Gasteiger partial charge on any atom is -0.451 e. The normalized spacial score (nSPS) is 19.7. The van der Waals surface area contributed by atoms with E-state index in [0.717, 1.165) is 38.9 Å². The van der Waals surface area contributed by atoms with E-state index >= 15 is 4.39 Å². The fourth-order valence-electron chi connectivity index (χ4n) is 7.45. The first-order valence-corrected chi connectivity index (χ1v) is 14.5. The Morgan fingerprint density at radius 2 is 1.80 bits per heavy atom. The monoisotopic (exact) mass is 546 g/mol. The van der Waals surface area contributed by atoms with Gasteiger partial charge in [0.05, 0.1) is 11.1 Å². The van der Waals surface area contributed by atoms with Crippen molar-refractivity contribution < 1.29 is 13.9 Å². The van der Waals surface area contributed by atoms with Gasteiger partial charge in [0.25, 0.3) is 5.91 Å². The third kappa shape index (κ3) is 4.98. The molecule has 3 aliphatic rings. The van der Waals surface area contributed by atoms with E-state index in [4.69, 9.17) is 4.74 Å². The van der Waals surface area contributed by atoms with Crippen molar-refractivity contribution in [1.29, 1.82) is 0 Å². The van der Waals surface area contributed by atoms with Crippen molar-refractivity contribution in [3.8, 4) is 17.2 Å². The fraction of sp³-hybridized carbons (Fsp3) is 0.500. The molecule has 7 nitrogen and oxygen atoms in total. The largest absolute Gasteiger partial charge is 0.451 e. The van der Waals surface area contributed by atoms with Gasteiger partial charge in [-0.05, 0) is 74.2 Å². The summed E-state index contributed by atoms with van der Waals surface area (Å²) in [7, 11) is 0. The van der Waals surface area contributed by atoms with Gasteiger partial charge in [-0.1, -0.05) is 39.8 Å². The van der Waals surface area contributed by atoms with Crippen molar-refractivity contribution >= 4 is 22.5 Å². The molecule has 8 heteroatoms. The summed E-state index contributed by atoms with van der Waals surface area (Å²) >= 11 is 0. The first kappa shape index (κ1) is 26.8. The Balaban J connectivity index is 1.40. The summed E-state index contributed by atoms with van der Waals surface area (Å²) in [6.45, 7) is 12.4. The average Bonchev–Trinajstić information content (AvgIpc) is 3.38. The van der Waals surface area contributed by atoms with Crippen molar-refractivity contribution in [2.45, 2.75) is 65.8 Å². The molecule has 212 valence electrons. The summed E-state index contributed by atoms with van der Waals surface area (Å²) in [6.07, 6.45) is 6.72.